The molecule has 1 amide bonds. The number of hydrogen-bond donors (Lipinski definition) is 1. The van der Waals surface area contributed by atoms with E-state index in [-0.39, 0.29) is 11.9 Å². The minimum atomic E-state index is 0.0348. The monoisotopic (exact) mass is 318 g/mol. The minimum Gasteiger partial charge on any atom is -0.497 e. The van der Waals surface area contributed by atoms with Crippen LogP contribution in [0.4, 0.5) is 0 Å². The summed E-state index contributed by atoms with van der Waals surface area (Å²) in [5.41, 5.74) is 2.10. The van der Waals surface area contributed by atoms with E-state index in [2.05, 4.69) is 22.4 Å². The van der Waals surface area contributed by atoms with Crippen molar-refractivity contribution in [3.05, 3.63) is 45.9 Å². The molecule has 0 saturated heterocycles. The van der Waals surface area contributed by atoms with Crippen LogP contribution in [0.15, 0.2) is 29.6 Å². The molecular weight excluding hydrogens is 296 g/mol. The predicted octanol–water partition coefficient (Wildman–Crippen LogP) is 3.14. The molecule has 2 rings (SSSR count). The number of aryl methyl sites for hydroxylation is 2. The van der Waals surface area contributed by atoms with Gasteiger partial charge in [0.05, 0.1) is 24.2 Å². The first-order valence-electron chi connectivity index (χ1n) is 7.40. The Kier molecular flexibility index (Phi) is 5.95. The maximum atomic E-state index is 12.0. The van der Waals surface area contributed by atoms with Crippen molar-refractivity contribution in [3.8, 4) is 5.75 Å². The Morgan fingerprint density at radius 2 is 2.09 bits per heavy atom. The summed E-state index contributed by atoms with van der Waals surface area (Å²) in [6, 6.07) is 8.19. The van der Waals surface area contributed by atoms with Crippen molar-refractivity contribution in [2.24, 2.45) is 0 Å². The first kappa shape index (κ1) is 16.5. The highest BCUT2D eigenvalue weighted by molar-refractivity contribution is 7.09. The maximum absolute atomic E-state index is 12.0. The Morgan fingerprint density at radius 1 is 1.36 bits per heavy atom. The predicted molar refractivity (Wildman–Crippen MR) is 89.5 cm³/mol. The van der Waals surface area contributed by atoms with Crippen molar-refractivity contribution < 1.29 is 9.53 Å². The van der Waals surface area contributed by atoms with Gasteiger partial charge in [-0.3, -0.25) is 4.79 Å². The van der Waals surface area contributed by atoms with E-state index in [9.17, 15) is 4.79 Å². The highest BCUT2D eigenvalue weighted by Gasteiger charge is 2.10. The molecule has 4 nitrogen and oxygen atoms in total. The van der Waals surface area contributed by atoms with Gasteiger partial charge in [-0.25, -0.2) is 4.98 Å². The van der Waals surface area contributed by atoms with E-state index >= 15 is 0 Å². The van der Waals surface area contributed by atoms with Crippen LogP contribution in [0.3, 0.4) is 0 Å². The number of thiazole rings is 1. The molecule has 22 heavy (non-hydrogen) atoms. The van der Waals surface area contributed by atoms with Gasteiger partial charge in [0.2, 0.25) is 5.91 Å². The molecule has 1 heterocycles. The van der Waals surface area contributed by atoms with Crippen molar-refractivity contribution in [2.45, 2.75) is 39.2 Å². The second-order valence-electron chi connectivity index (χ2n) is 5.39. The topological polar surface area (TPSA) is 51.2 Å². The van der Waals surface area contributed by atoms with Crippen LogP contribution in [0.2, 0.25) is 0 Å². The van der Waals surface area contributed by atoms with Gasteiger partial charge in [0.1, 0.15) is 5.75 Å². The van der Waals surface area contributed by atoms with E-state index in [1.54, 1.807) is 18.4 Å². The molecule has 5 heteroatoms. The zero-order chi connectivity index (χ0) is 15.9. The average Bonchev–Trinajstić information content (AvgIpc) is 2.90. The zero-order valence-corrected chi connectivity index (χ0v) is 14.1. The molecule has 1 aromatic carbocycles. The van der Waals surface area contributed by atoms with Crippen LogP contribution in [0.5, 0.6) is 5.75 Å². The lowest BCUT2D eigenvalue weighted by atomic mass is 10.1. The van der Waals surface area contributed by atoms with Gasteiger partial charge in [0, 0.05) is 11.4 Å². The number of carbonyl (C=O) groups excluding carboxylic acids is 1. The summed E-state index contributed by atoms with van der Waals surface area (Å²) in [4.78, 5) is 16.3. The van der Waals surface area contributed by atoms with E-state index in [1.807, 2.05) is 31.4 Å². The molecule has 0 unspecified atom stereocenters. The largest absolute Gasteiger partial charge is 0.497 e. The summed E-state index contributed by atoms with van der Waals surface area (Å²) in [6.45, 7) is 3.98. The molecule has 0 aliphatic carbocycles. The molecule has 0 spiro atoms. The second kappa shape index (κ2) is 7.94. The van der Waals surface area contributed by atoms with Crippen molar-refractivity contribution in [2.75, 3.05) is 7.11 Å². The number of methoxy groups -OCH3 is 1. The lowest BCUT2D eigenvalue weighted by Gasteiger charge is -2.13. The van der Waals surface area contributed by atoms with Crippen LogP contribution in [-0.2, 0) is 17.6 Å². The summed E-state index contributed by atoms with van der Waals surface area (Å²) in [5.74, 6) is 0.899. The second-order valence-corrected chi connectivity index (χ2v) is 6.45. The molecule has 0 fully saturated rings. The normalized spacial score (nSPS) is 12.0. The molecule has 118 valence electrons. The molecule has 0 radical (unpaired) electrons. The number of nitrogens with zero attached hydrogens (tertiary/aromatic N) is 1. The van der Waals surface area contributed by atoms with Crippen molar-refractivity contribution in [3.63, 3.8) is 0 Å². The molecule has 0 bridgehead atoms. The Morgan fingerprint density at radius 3 is 2.68 bits per heavy atom. The number of ether oxygens (including phenoxy) is 1. The number of aromatic nitrogens is 1. The molecule has 1 N–H and O–H groups in total. The molecule has 1 atom stereocenters. The van der Waals surface area contributed by atoms with Gasteiger partial charge in [0.15, 0.2) is 0 Å². The number of amides is 1. The lowest BCUT2D eigenvalue weighted by molar-refractivity contribution is -0.121. The molecule has 0 aliphatic rings. The fourth-order valence-electron chi connectivity index (χ4n) is 2.23. The van der Waals surface area contributed by atoms with Gasteiger partial charge in [-0.05, 0) is 44.4 Å². The van der Waals surface area contributed by atoms with Crippen molar-refractivity contribution in [1.29, 1.82) is 0 Å². The summed E-state index contributed by atoms with van der Waals surface area (Å²) >= 11 is 1.57. The van der Waals surface area contributed by atoms with Crippen LogP contribution < -0.4 is 10.1 Å². The van der Waals surface area contributed by atoms with Gasteiger partial charge >= 0.3 is 0 Å². The number of rotatable bonds is 7. The highest BCUT2D eigenvalue weighted by atomic mass is 32.1. The van der Waals surface area contributed by atoms with Crippen LogP contribution in [-0.4, -0.2) is 24.0 Å². The number of nitrogens with one attached hydrogen (secondary N) is 1. The van der Waals surface area contributed by atoms with Crippen LogP contribution >= 0.6 is 11.3 Å². The third kappa shape index (κ3) is 5.15. The maximum Gasteiger partial charge on any atom is 0.226 e. The van der Waals surface area contributed by atoms with Gasteiger partial charge in [-0.1, -0.05) is 12.1 Å². The van der Waals surface area contributed by atoms with Gasteiger partial charge in [-0.15, -0.1) is 11.3 Å². The quantitative estimate of drug-likeness (QED) is 0.853. The molecule has 2 aromatic rings. The SMILES string of the molecule is COc1ccc(CC[C@H](C)NC(=O)Cc2csc(C)n2)cc1. The summed E-state index contributed by atoms with van der Waals surface area (Å²) < 4.78 is 5.14. The van der Waals surface area contributed by atoms with Gasteiger partial charge in [0.25, 0.3) is 0 Å². The zero-order valence-electron chi connectivity index (χ0n) is 13.3. The fourth-order valence-corrected chi connectivity index (χ4v) is 2.84. The van der Waals surface area contributed by atoms with Crippen LogP contribution in [0.1, 0.15) is 29.6 Å². The fraction of sp³-hybridized carbons (Fsp3) is 0.412. The molecule has 0 saturated carbocycles. The number of hydrogen-bond acceptors (Lipinski definition) is 4. The van der Waals surface area contributed by atoms with Crippen LogP contribution in [0, 0.1) is 6.92 Å². The lowest BCUT2D eigenvalue weighted by Crippen LogP contribution is -2.34. The van der Waals surface area contributed by atoms with Gasteiger partial charge in [-0.2, -0.15) is 0 Å². The smallest absolute Gasteiger partial charge is 0.226 e. The molecule has 0 aliphatic heterocycles. The van der Waals surface area contributed by atoms with Crippen LogP contribution in [0.25, 0.3) is 0 Å². The summed E-state index contributed by atoms with van der Waals surface area (Å²) in [7, 11) is 1.66. The minimum absolute atomic E-state index is 0.0348. The van der Waals surface area contributed by atoms with E-state index < -0.39 is 0 Å². The summed E-state index contributed by atoms with van der Waals surface area (Å²) in [5, 5.41) is 5.97. The Hall–Kier alpha value is -1.88. The van der Waals surface area contributed by atoms with Gasteiger partial charge < -0.3 is 10.1 Å². The first-order valence-corrected chi connectivity index (χ1v) is 8.28. The van der Waals surface area contributed by atoms with E-state index in [0.29, 0.717) is 6.42 Å². The molecule has 1 aromatic heterocycles. The number of carbonyl (C=O) groups is 1. The highest BCUT2D eigenvalue weighted by Crippen LogP contribution is 2.13. The third-order valence-corrected chi connectivity index (χ3v) is 4.26. The van der Waals surface area contributed by atoms with E-state index in [4.69, 9.17) is 4.74 Å². The van der Waals surface area contributed by atoms with Crippen molar-refractivity contribution in [1.82, 2.24) is 10.3 Å². The molecular formula is C17H22N2O2S. The summed E-state index contributed by atoms with van der Waals surface area (Å²) in [6.07, 6.45) is 2.20. The Bertz CT molecular complexity index is 607. The van der Waals surface area contributed by atoms with E-state index in [0.717, 1.165) is 29.3 Å². The first-order chi connectivity index (χ1) is 10.6. The Balaban J connectivity index is 1.74. The number of benzene rings is 1. The third-order valence-electron chi connectivity index (χ3n) is 3.44. The van der Waals surface area contributed by atoms with Crippen molar-refractivity contribution >= 4 is 17.2 Å². The Labute approximate surface area is 135 Å². The van der Waals surface area contributed by atoms with E-state index in [1.165, 1.54) is 5.56 Å². The standard InChI is InChI=1S/C17H22N2O2S/c1-12(4-5-14-6-8-16(21-3)9-7-14)18-17(20)10-15-11-22-13(2)19-15/h6-9,11-12H,4-5,10H2,1-3H3,(H,18,20)/t12-/m0/s1. The average molecular weight is 318 g/mol.